The van der Waals surface area contributed by atoms with Crippen LogP contribution in [-0.2, 0) is 16.1 Å². The first kappa shape index (κ1) is 21.9. The van der Waals surface area contributed by atoms with Crippen molar-refractivity contribution in [2.45, 2.75) is 19.0 Å². The van der Waals surface area contributed by atoms with Crippen LogP contribution in [0.2, 0.25) is 5.02 Å². The monoisotopic (exact) mass is 458 g/mol. The number of furan rings is 1. The van der Waals surface area contributed by atoms with Gasteiger partial charge in [-0.1, -0.05) is 11.6 Å². The molecule has 168 valence electrons. The van der Waals surface area contributed by atoms with Gasteiger partial charge in [-0.05, 0) is 37.3 Å². The quantitative estimate of drug-likeness (QED) is 0.546. The zero-order valence-corrected chi connectivity index (χ0v) is 18.7. The van der Waals surface area contributed by atoms with E-state index in [0.717, 1.165) is 0 Å². The number of fused-ring (bicyclic) bond motifs is 1. The Morgan fingerprint density at radius 1 is 1.31 bits per heavy atom. The summed E-state index contributed by atoms with van der Waals surface area (Å²) in [6, 6.07) is 10.1. The molecule has 4 rings (SSSR count). The zero-order valence-electron chi connectivity index (χ0n) is 17.9. The molecule has 1 atom stereocenters. The lowest BCUT2D eigenvalue weighted by Crippen LogP contribution is -2.64. The molecule has 0 fully saturated rings. The van der Waals surface area contributed by atoms with E-state index in [9.17, 15) is 9.59 Å². The van der Waals surface area contributed by atoms with Gasteiger partial charge in [0.15, 0.2) is 5.76 Å². The van der Waals surface area contributed by atoms with Crippen LogP contribution in [0.3, 0.4) is 0 Å². The Morgan fingerprint density at radius 3 is 2.78 bits per heavy atom. The first-order chi connectivity index (χ1) is 15.4. The molecular weight excluding hydrogens is 436 g/mol. The Hall–Kier alpha value is -3.30. The fraction of sp³-hybridized carbons (Fsp3) is 0.318. The number of halogens is 1. The number of nitrogens with one attached hydrogen (secondary N) is 1. The van der Waals surface area contributed by atoms with Gasteiger partial charge >= 0.3 is 0 Å². The highest BCUT2D eigenvalue weighted by Crippen LogP contribution is 2.37. The SMILES string of the molecule is COCCNC(=O)[C@@]1(C)Cn2nc(-c3ccco3)cc2C(=O)N1c1ccc(OC)c(Cl)c1. The number of carbonyl (C=O) groups is 2. The number of benzene rings is 1. The van der Waals surface area contributed by atoms with Crippen molar-refractivity contribution >= 4 is 29.1 Å². The van der Waals surface area contributed by atoms with Gasteiger partial charge in [0.05, 0.1) is 31.5 Å². The van der Waals surface area contributed by atoms with E-state index in [1.807, 2.05) is 0 Å². The van der Waals surface area contributed by atoms with E-state index in [-0.39, 0.29) is 18.4 Å². The molecule has 0 spiro atoms. The lowest BCUT2D eigenvalue weighted by Gasteiger charge is -2.43. The van der Waals surface area contributed by atoms with Crippen molar-refractivity contribution in [3.63, 3.8) is 0 Å². The smallest absolute Gasteiger partial charge is 0.277 e. The molecule has 2 amide bonds. The third kappa shape index (κ3) is 3.74. The van der Waals surface area contributed by atoms with Crippen LogP contribution in [-0.4, -0.2) is 54.5 Å². The van der Waals surface area contributed by atoms with Crippen molar-refractivity contribution in [2.24, 2.45) is 0 Å². The summed E-state index contributed by atoms with van der Waals surface area (Å²) in [7, 11) is 3.06. The highest BCUT2D eigenvalue weighted by molar-refractivity contribution is 6.32. The number of amides is 2. The molecule has 1 aliphatic heterocycles. The Morgan fingerprint density at radius 2 is 2.12 bits per heavy atom. The molecule has 3 heterocycles. The van der Waals surface area contributed by atoms with E-state index in [4.69, 9.17) is 25.5 Å². The maximum absolute atomic E-state index is 13.7. The number of methoxy groups -OCH3 is 2. The lowest BCUT2D eigenvalue weighted by atomic mass is 9.94. The first-order valence-corrected chi connectivity index (χ1v) is 10.3. The molecule has 10 heteroatoms. The van der Waals surface area contributed by atoms with E-state index in [1.165, 1.54) is 23.0 Å². The lowest BCUT2D eigenvalue weighted by molar-refractivity contribution is -0.126. The number of anilines is 1. The molecule has 0 aliphatic carbocycles. The number of hydrogen-bond donors (Lipinski definition) is 1. The van der Waals surface area contributed by atoms with Crippen molar-refractivity contribution in [1.82, 2.24) is 15.1 Å². The van der Waals surface area contributed by atoms with Gasteiger partial charge in [0.2, 0.25) is 5.91 Å². The second-order valence-electron chi connectivity index (χ2n) is 7.53. The minimum absolute atomic E-state index is 0.136. The fourth-order valence-electron chi connectivity index (χ4n) is 3.78. The molecule has 0 unspecified atom stereocenters. The van der Waals surface area contributed by atoms with Gasteiger partial charge in [-0.2, -0.15) is 5.10 Å². The second-order valence-corrected chi connectivity index (χ2v) is 7.94. The average Bonchev–Trinajstić information content (AvgIpc) is 3.44. The number of hydrogen-bond acceptors (Lipinski definition) is 6. The van der Waals surface area contributed by atoms with E-state index in [1.54, 1.807) is 50.4 Å². The molecule has 9 nitrogen and oxygen atoms in total. The maximum atomic E-state index is 13.7. The van der Waals surface area contributed by atoms with E-state index < -0.39 is 5.54 Å². The van der Waals surface area contributed by atoms with E-state index in [0.29, 0.717) is 46.8 Å². The topological polar surface area (TPSA) is 98.8 Å². The largest absolute Gasteiger partial charge is 0.495 e. The summed E-state index contributed by atoms with van der Waals surface area (Å²) in [6.07, 6.45) is 1.54. The molecular formula is C22H23ClN4O5. The Balaban J connectivity index is 1.79. The van der Waals surface area contributed by atoms with Crippen molar-refractivity contribution in [3.05, 3.63) is 53.4 Å². The van der Waals surface area contributed by atoms with Crippen LogP contribution in [0.4, 0.5) is 5.69 Å². The average molecular weight is 459 g/mol. The standard InChI is InChI=1S/C22H23ClN4O5/c1-22(21(29)24-8-10-30-2)13-26-17(12-16(25-26)19-5-4-9-32-19)20(28)27(22)14-6-7-18(31-3)15(23)11-14/h4-7,9,11-12H,8,10,13H2,1-3H3,(H,24,29)/t22-/m1/s1. The first-order valence-electron chi connectivity index (χ1n) is 9.96. The minimum Gasteiger partial charge on any atom is -0.495 e. The molecule has 2 aromatic heterocycles. The summed E-state index contributed by atoms with van der Waals surface area (Å²) < 4.78 is 17.2. The number of rotatable bonds is 7. The summed E-state index contributed by atoms with van der Waals surface area (Å²) in [5.74, 6) is 0.281. The van der Waals surface area contributed by atoms with Crippen LogP contribution in [0.1, 0.15) is 17.4 Å². The number of ether oxygens (including phenoxy) is 2. The molecule has 1 aromatic carbocycles. The third-order valence-electron chi connectivity index (χ3n) is 5.40. The normalized spacial score (nSPS) is 17.9. The van der Waals surface area contributed by atoms with Gasteiger partial charge in [0, 0.05) is 25.4 Å². The van der Waals surface area contributed by atoms with Crippen LogP contribution in [0.25, 0.3) is 11.5 Å². The van der Waals surface area contributed by atoms with Crippen LogP contribution < -0.4 is 15.0 Å². The third-order valence-corrected chi connectivity index (χ3v) is 5.70. The molecule has 0 radical (unpaired) electrons. The molecule has 0 saturated carbocycles. The van der Waals surface area contributed by atoms with E-state index in [2.05, 4.69) is 10.4 Å². The van der Waals surface area contributed by atoms with Crippen LogP contribution in [0.5, 0.6) is 5.75 Å². The summed E-state index contributed by atoms with van der Waals surface area (Å²) >= 11 is 6.33. The van der Waals surface area contributed by atoms with Crippen LogP contribution in [0, 0.1) is 0 Å². The highest BCUT2D eigenvalue weighted by Gasteiger charge is 2.49. The molecule has 1 aliphatic rings. The predicted octanol–water partition coefficient (Wildman–Crippen LogP) is 2.99. The van der Waals surface area contributed by atoms with Gasteiger partial charge < -0.3 is 19.2 Å². The van der Waals surface area contributed by atoms with Crippen molar-refractivity contribution in [3.8, 4) is 17.2 Å². The van der Waals surface area contributed by atoms with Gasteiger partial charge in [-0.15, -0.1) is 0 Å². The van der Waals surface area contributed by atoms with Crippen molar-refractivity contribution in [1.29, 1.82) is 0 Å². The summed E-state index contributed by atoms with van der Waals surface area (Å²) in [5, 5.41) is 7.69. The molecule has 3 aromatic rings. The molecule has 32 heavy (non-hydrogen) atoms. The van der Waals surface area contributed by atoms with Crippen molar-refractivity contribution in [2.75, 3.05) is 32.3 Å². The minimum atomic E-state index is -1.28. The van der Waals surface area contributed by atoms with Gasteiger partial charge in [-0.3, -0.25) is 19.2 Å². The van der Waals surface area contributed by atoms with Gasteiger partial charge in [0.25, 0.3) is 5.91 Å². The number of carbonyl (C=O) groups excluding carboxylic acids is 2. The Kier molecular flexibility index (Phi) is 5.94. The van der Waals surface area contributed by atoms with Crippen LogP contribution in [0.15, 0.2) is 47.1 Å². The zero-order chi connectivity index (χ0) is 22.9. The maximum Gasteiger partial charge on any atom is 0.277 e. The van der Waals surface area contributed by atoms with Gasteiger partial charge in [0.1, 0.15) is 22.7 Å². The fourth-order valence-corrected chi connectivity index (χ4v) is 4.03. The molecule has 1 N–H and O–H groups in total. The van der Waals surface area contributed by atoms with E-state index >= 15 is 0 Å². The number of aromatic nitrogens is 2. The van der Waals surface area contributed by atoms with Crippen molar-refractivity contribution < 1.29 is 23.5 Å². The molecule has 0 bridgehead atoms. The molecule has 0 saturated heterocycles. The highest BCUT2D eigenvalue weighted by atomic mass is 35.5. The summed E-state index contributed by atoms with van der Waals surface area (Å²) in [5.41, 5.74) is 0.0418. The Labute approximate surface area is 189 Å². The van der Waals surface area contributed by atoms with Crippen LogP contribution >= 0.6 is 11.6 Å². The van der Waals surface area contributed by atoms with Gasteiger partial charge in [-0.25, -0.2) is 0 Å². The second kappa shape index (κ2) is 8.68. The predicted molar refractivity (Wildman–Crippen MR) is 118 cm³/mol. The summed E-state index contributed by atoms with van der Waals surface area (Å²) in [6.45, 7) is 2.49. The Bertz CT molecular complexity index is 1140. The number of nitrogens with zero attached hydrogens (tertiary/aromatic N) is 3. The summed E-state index contributed by atoms with van der Waals surface area (Å²) in [4.78, 5) is 28.4.